The predicted molar refractivity (Wildman–Crippen MR) is 106 cm³/mol. The number of ether oxygens (including phenoxy) is 1. The lowest BCUT2D eigenvalue weighted by molar-refractivity contribution is -0.116. The Kier molecular flexibility index (Phi) is 7.38. The number of hydrogen-bond acceptors (Lipinski definition) is 4. The quantitative estimate of drug-likeness (QED) is 0.712. The SMILES string of the molecule is CCN(CC)S(=O)(=O)c1ccc(NC(=O)CCOc2cccc(C)c2)cc1. The van der Waals surface area contributed by atoms with Crippen molar-refractivity contribution >= 4 is 21.6 Å². The summed E-state index contributed by atoms with van der Waals surface area (Å²) >= 11 is 0. The van der Waals surface area contributed by atoms with E-state index in [0.29, 0.717) is 18.8 Å². The van der Waals surface area contributed by atoms with Gasteiger partial charge in [0.2, 0.25) is 15.9 Å². The van der Waals surface area contributed by atoms with Crippen LogP contribution in [0.15, 0.2) is 53.4 Å². The summed E-state index contributed by atoms with van der Waals surface area (Å²) < 4.78 is 31.9. The summed E-state index contributed by atoms with van der Waals surface area (Å²) in [6, 6.07) is 13.8. The Morgan fingerprint density at radius 2 is 1.74 bits per heavy atom. The largest absolute Gasteiger partial charge is 0.493 e. The highest BCUT2D eigenvalue weighted by Crippen LogP contribution is 2.18. The number of rotatable bonds is 9. The lowest BCUT2D eigenvalue weighted by atomic mass is 10.2. The highest BCUT2D eigenvalue weighted by Gasteiger charge is 2.21. The maximum absolute atomic E-state index is 12.5. The van der Waals surface area contributed by atoms with Gasteiger partial charge < -0.3 is 10.1 Å². The molecule has 0 aliphatic heterocycles. The van der Waals surface area contributed by atoms with Crippen LogP contribution in [0.2, 0.25) is 0 Å². The molecule has 2 aromatic carbocycles. The zero-order chi connectivity index (χ0) is 19.9. The molecule has 0 fully saturated rings. The smallest absolute Gasteiger partial charge is 0.243 e. The molecule has 0 radical (unpaired) electrons. The zero-order valence-electron chi connectivity index (χ0n) is 15.9. The minimum Gasteiger partial charge on any atom is -0.493 e. The third kappa shape index (κ3) is 5.80. The van der Waals surface area contributed by atoms with Crippen LogP contribution in [-0.4, -0.2) is 38.3 Å². The van der Waals surface area contributed by atoms with Crippen LogP contribution in [0.4, 0.5) is 5.69 Å². The van der Waals surface area contributed by atoms with Crippen LogP contribution in [0.1, 0.15) is 25.8 Å². The number of amides is 1. The lowest BCUT2D eigenvalue weighted by Gasteiger charge is -2.18. The van der Waals surface area contributed by atoms with Crippen LogP contribution in [0.3, 0.4) is 0 Å². The molecule has 2 aromatic rings. The molecule has 0 spiro atoms. The van der Waals surface area contributed by atoms with Gasteiger partial charge >= 0.3 is 0 Å². The van der Waals surface area contributed by atoms with E-state index in [1.807, 2.05) is 31.2 Å². The first-order valence-corrected chi connectivity index (χ1v) is 10.4. The molecule has 0 saturated heterocycles. The van der Waals surface area contributed by atoms with E-state index in [4.69, 9.17) is 4.74 Å². The van der Waals surface area contributed by atoms with Gasteiger partial charge in [-0.2, -0.15) is 4.31 Å². The molecule has 1 N–H and O–H groups in total. The van der Waals surface area contributed by atoms with E-state index in [0.717, 1.165) is 11.3 Å². The van der Waals surface area contributed by atoms with Gasteiger partial charge in [0.25, 0.3) is 0 Å². The van der Waals surface area contributed by atoms with Gasteiger partial charge in [-0.1, -0.05) is 26.0 Å². The minimum absolute atomic E-state index is 0.193. The maximum Gasteiger partial charge on any atom is 0.243 e. The molecule has 27 heavy (non-hydrogen) atoms. The number of benzene rings is 2. The molecule has 0 saturated carbocycles. The first-order chi connectivity index (χ1) is 12.9. The Morgan fingerprint density at radius 1 is 1.07 bits per heavy atom. The summed E-state index contributed by atoms with van der Waals surface area (Å²) in [5.74, 6) is 0.538. The first-order valence-electron chi connectivity index (χ1n) is 8.96. The van der Waals surface area contributed by atoms with E-state index in [2.05, 4.69) is 5.32 Å². The summed E-state index contributed by atoms with van der Waals surface area (Å²) in [6.45, 7) is 6.67. The van der Waals surface area contributed by atoms with Crippen molar-refractivity contribution in [2.24, 2.45) is 0 Å². The number of nitrogens with zero attached hydrogens (tertiary/aromatic N) is 1. The molecule has 0 atom stereocenters. The normalized spacial score (nSPS) is 11.4. The van der Waals surface area contributed by atoms with Gasteiger partial charge in [0, 0.05) is 18.8 Å². The van der Waals surface area contributed by atoms with Crippen molar-refractivity contribution in [3.8, 4) is 5.75 Å². The van der Waals surface area contributed by atoms with E-state index in [9.17, 15) is 13.2 Å². The molecular weight excluding hydrogens is 364 g/mol. The summed E-state index contributed by atoms with van der Waals surface area (Å²) in [4.78, 5) is 12.2. The van der Waals surface area contributed by atoms with Gasteiger partial charge in [-0.15, -0.1) is 0 Å². The molecule has 1 amide bonds. The topological polar surface area (TPSA) is 75.7 Å². The summed E-state index contributed by atoms with van der Waals surface area (Å²) in [5, 5.41) is 2.75. The van der Waals surface area contributed by atoms with Crippen LogP contribution < -0.4 is 10.1 Å². The van der Waals surface area contributed by atoms with Crippen LogP contribution in [0.25, 0.3) is 0 Å². The van der Waals surface area contributed by atoms with E-state index in [-0.39, 0.29) is 23.8 Å². The third-order valence-electron chi connectivity index (χ3n) is 4.07. The number of aryl methyl sites for hydroxylation is 1. The van der Waals surface area contributed by atoms with E-state index < -0.39 is 10.0 Å². The van der Waals surface area contributed by atoms with Crippen molar-refractivity contribution in [2.45, 2.75) is 32.1 Å². The second-order valence-electron chi connectivity index (χ2n) is 6.08. The van der Waals surface area contributed by atoms with Gasteiger partial charge in [-0.25, -0.2) is 8.42 Å². The van der Waals surface area contributed by atoms with Crippen molar-refractivity contribution in [2.75, 3.05) is 25.0 Å². The predicted octanol–water partition coefficient (Wildman–Crippen LogP) is 3.43. The highest BCUT2D eigenvalue weighted by atomic mass is 32.2. The van der Waals surface area contributed by atoms with Crippen molar-refractivity contribution in [1.82, 2.24) is 4.31 Å². The number of hydrogen-bond donors (Lipinski definition) is 1. The molecule has 2 rings (SSSR count). The molecule has 6 nitrogen and oxygen atoms in total. The number of carbonyl (C=O) groups is 1. The molecule has 146 valence electrons. The second-order valence-corrected chi connectivity index (χ2v) is 8.01. The first kappa shape index (κ1) is 20.9. The lowest BCUT2D eigenvalue weighted by Crippen LogP contribution is -2.30. The van der Waals surface area contributed by atoms with Gasteiger partial charge in [0.05, 0.1) is 17.9 Å². The van der Waals surface area contributed by atoms with E-state index in [1.54, 1.807) is 26.0 Å². The summed E-state index contributed by atoms with van der Waals surface area (Å²) in [7, 11) is -3.49. The third-order valence-corrected chi connectivity index (χ3v) is 6.13. The Morgan fingerprint density at radius 3 is 2.33 bits per heavy atom. The highest BCUT2D eigenvalue weighted by molar-refractivity contribution is 7.89. The fourth-order valence-corrected chi connectivity index (χ4v) is 4.07. The Bertz CT molecular complexity index is 860. The fourth-order valence-electron chi connectivity index (χ4n) is 2.61. The Labute approximate surface area is 161 Å². The molecule has 0 heterocycles. The van der Waals surface area contributed by atoms with E-state index >= 15 is 0 Å². The average molecular weight is 391 g/mol. The summed E-state index contributed by atoms with van der Waals surface area (Å²) in [6.07, 6.45) is 0.202. The summed E-state index contributed by atoms with van der Waals surface area (Å²) in [5.41, 5.74) is 1.64. The molecule has 7 heteroatoms. The van der Waals surface area contributed by atoms with Crippen LogP contribution in [0, 0.1) is 6.92 Å². The minimum atomic E-state index is -3.49. The van der Waals surface area contributed by atoms with Gasteiger partial charge in [-0.3, -0.25) is 4.79 Å². The Balaban J connectivity index is 1.89. The van der Waals surface area contributed by atoms with Crippen LogP contribution in [0.5, 0.6) is 5.75 Å². The number of anilines is 1. The second kappa shape index (κ2) is 9.53. The molecule has 0 unspecified atom stereocenters. The van der Waals surface area contributed by atoms with Gasteiger partial charge in [-0.05, 0) is 48.9 Å². The van der Waals surface area contributed by atoms with Crippen LogP contribution in [-0.2, 0) is 14.8 Å². The molecular formula is C20H26N2O4S. The van der Waals surface area contributed by atoms with Crippen molar-refractivity contribution in [1.29, 1.82) is 0 Å². The molecule has 0 aromatic heterocycles. The van der Waals surface area contributed by atoms with Crippen LogP contribution >= 0.6 is 0 Å². The standard InChI is InChI=1S/C20H26N2O4S/c1-4-22(5-2)27(24,25)19-11-9-17(10-12-19)21-20(23)13-14-26-18-8-6-7-16(3)15-18/h6-12,15H,4-5,13-14H2,1-3H3,(H,21,23). The molecule has 0 bridgehead atoms. The number of sulfonamides is 1. The number of nitrogens with one attached hydrogen (secondary N) is 1. The van der Waals surface area contributed by atoms with Gasteiger partial charge in [0.15, 0.2) is 0 Å². The monoisotopic (exact) mass is 390 g/mol. The zero-order valence-corrected chi connectivity index (χ0v) is 16.8. The van der Waals surface area contributed by atoms with Gasteiger partial charge in [0.1, 0.15) is 5.75 Å². The molecule has 0 aliphatic carbocycles. The van der Waals surface area contributed by atoms with E-state index in [1.165, 1.54) is 16.4 Å². The van der Waals surface area contributed by atoms with Crippen molar-refractivity contribution in [3.63, 3.8) is 0 Å². The maximum atomic E-state index is 12.5. The van der Waals surface area contributed by atoms with Crippen molar-refractivity contribution in [3.05, 3.63) is 54.1 Å². The fraction of sp³-hybridized carbons (Fsp3) is 0.350. The molecule has 0 aliphatic rings. The van der Waals surface area contributed by atoms with Crippen molar-refractivity contribution < 1.29 is 17.9 Å². The average Bonchev–Trinajstić information content (AvgIpc) is 2.63. The Hall–Kier alpha value is -2.38. The number of carbonyl (C=O) groups excluding carboxylic acids is 1.